The Hall–Kier alpha value is 0.170. The fourth-order valence-electron chi connectivity index (χ4n) is 2.23. The predicted octanol–water partition coefficient (Wildman–Crippen LogP) is 5.13. The zero-order chi connectivity index (χ0) is 13.1. The number of rotatable bonds is 4. The summed E-state index contributed by atoms with van der Waals surface area (Å²) in [5.74, 6) is 1.77. The SMILES string of the molecule is CCSC1CCCC1Nc1nc(Cl)c(Cl)cc1Cl. The van der Waals surface area contributed by atoms with Gasteiger partial charge in [-0.05, 0) is 24.7 Å². The molecule has 0 aromatic carbocycles. The molecule has 2 rings (SSSR count). The first kappa shape index (κ1) is 14.6. The smallest absolute Gasteiger partial charge is 0.150 e. The number of pyridine rings is 1. The number of aromatic nitrogens is 1. The van der Waals surface area contributed by atoms with Crippen LogP contribution in [0.2, 0.25) is 15.2 Å². The van der Waals surface area contributed by atoms with E-state index in [1.54, 1.807) is 6.07 Å². The lowest BCUT2D eigenvalue weighted by atomic mass is 10.2. The van der Waals surface area contributed by atoms with Crippen LogP contribution in [-0.4, -0.2) is 22.0 Å². The molecule has 0 amide bonds. The molecular weight excluding hydrogens is 311 g/mol. The molecule has 2 nitrogen and oxygen atoms in total. The molecule has 1 aliphatic rings. The Morgan fingerprint density at radius 2 is 2.11 bits per heavy atom. The Morgan fingerprint density at radius 1 is 1.33 bits per heavy atom. The van der Waals surface area contributed by atoms with Gasteiger partial charge in [0.25, 0.3) is 0 Å². The van der Waals surface area contributed by atoms with E-state index in [0.29, 0.717) is 32.3 Å². The standard InChI is InChI=1S/C12H15Cl3N2S/c1-2-18-10-5-3-4-9(10)16-12-8(14)6-7(13)11(15)17-12/h6,9-10H,2-5H2,1H3,(H,16,17). The Kier molecular flexibility index (Phi) is 5.31. The van der Waals surface area contributed by atoms with E-state index in [1.165, 1.54) is 12.8 Å². The van der Waals surface area contributed by atoms with Crippen LogP contribution in [0.25, 0.3) is 0 Å². The van der Waals surface area contributed by atoms with Crippen molar-refractivity contribution in [1.29, 1.82) is 0 Å². The number of hydrogen-bond donors (Lipinski definition) is 1. The maximum absolute atomic E-state index is 6.13. The van der Waals surface area contributed by atoms with Crippen LogP contribution in [0.4, 0.5) is 5.82 Å². The molecule has 2 unspecified atom stereocenters. The highest BCUT2D eigenvalue weighted by molar-refractivity contribution is 7.99. The van der Waals surface area contributed by atoms with Crippen molar-refractivity contribution in [3.8, 4) is 0 Å². The van der Waals surface area contributed by atoms with Gasteiger partial charge in [-0.1, -0.05) is 48.1 Å². The molecular formula is C12H15Cl3N2S. The van der Waals surface area contributed by atoms with Crippen molar-refractivity contribution in [3.63, 3.8) is 0 Å². The molecule has 1 aromatic heterocycles. The highest BCUT2D eigenvalue weighted by Crippen LogP contribution is 2.35. The van der Waals surface area contributed by atoms with Crippen molar-refractivity contribution < 1.29 is 0 Å². The molecule has 0 radical (unpaired) electrons. The highest BCUT2D eigenvalue weighted by Gasteiger charge is 2.28. The Bertz CT molecular complexity index is 428. The zero-order valence-corrected chi connectivity index (χ0v) is 13.1. The normalized spacial score (nSPS) is 23.3. The minimum absolute atomic E-state index is 0.293. The van der Waals surface area contributed by atoms with Gasteiger partial charge in [-0.25, -0.2) is 4.98 Å². The number of halogens is 3. The molecule has 2 atom stereocenters. The average Bonchev–Trinajstić information content (AvgIpc) is 2.74. The summed E-state index contributed by atoms with van der Waals surface area (Å²) >= 11 is 19.9. The number of nitrogens with zero attached hydrogens (tertiary/aromatic N) is 1. The predicted molar refractivity (Wildman–Crippen MR) is 82.4 cm³/mol. The quantitative estimate of drug-likeness (QED) is 0.777. The van der Waals surface area contributed by atoms with E-state index in [2.05, 4.69) is 17.2 Å². The first-order valence-corrected chi connectivity index (χ1v) is 8.19. The summed E-state index contributed by atoms with van der Waals surface area (Å²) in [4.78, 5) is 4.21. The molecule has 1 heterocycles. The van der Waals surface area contributed by atoms with Gasteiger partial charge in [0.2, 0.25) is 0 Å². The Morgan fingerprint density at radius 3 is 2.83 bits per heavy atom. The lowest BCUT2D eigenvalue weighted by molar-refractivity contribution is 0.763. The van der Waals surface area contributed by atoms with Crippen LogP contribution < -0.4 is 5.32 Å². The minimum Gasteiger partial charge on any atom is -0.365 e. The topological polar surface area (TPSA) is 24.9 Å². The first-order chi connectivity index (χ1) is 8.61. The first-order valence-electron chi connectivity index (χ1n) is 6.01. The van der Waals surface area contributed by atoms with Crippen LogP contribution in [0.5, 0.6) is 0 Å². The van der Waals surface area contributed by atoms with Gasteiger partial charge < -0.3 is 5.32 Å². The van der Waals surface area contributed by atoms with Gasteiger partial charge in [-0.15, -0.1) is 0 Å². The van der Waals surface area contributed by atoms with Crippen LogP contribution in [0.3, 0.4) is 0 Å². The van der Waals surface area contributed by atoms with Gasteiger partial charge in [0.1, 0.15) is 11.0 Å². The molecule has 1 fully saturated rings. The summed E-state index contributed by atoms with van der Waals surface area (Å²) in [5.41, 5.74) is 0. The van der Waals surface area contributed by atoms with Crippen LogP contribution in [0.1, 0.15) is 26.2 Å². The number of anilines is 1. The van der Waals surface area contributed by atoms with E-state index >= 15 is 0 Å². The van der Waals surface area contributed by atoms with Crippen molar-refractivity contribution in [2.75, 3.05) is 11.1 Å². The van der Waals surface area contributed by atoms with E-state index in [0.717, 1.165) is 12.2 Å². The highest BCUT2D eigenvalue weighted by atomic mass is 35.5. The van der Waals surface area contributed by atoms with Crippen molar-refractivity contribution in [1.82, 2.24) is 4.98 Å². The Balaban J connectivity index is 2.11. The van der Waals surface area contributed by atoms with Crippen LogP contribution in [0, 0.1) is 0 Å². The second kappa shape index (κ2) is 6.56. The summed E-state index contributed by atoms with van der Waals surface area (Å²) in [6.07, 6.45) is 3.64. The Labute approximate surface area is 127 Å². The summed E-state index contributed by atoms with van der Waals surface area (Å²) in [6.45, 7) is 2.18. The minimum atomic E-state index is 0.293. The summed E-state index contributed by atoms with van der Waals surface area (Å²) in [5, 5.41) is 5.24. The molecule has 0 aliphatic heterocycles. The molecule has 0 saturated heterocycles. The summed E-state index contributed by atoms with van der Waals surface area (Å²) in [7, 11) is 0. The van der Waals surface area contributed by atoms with E-state index in [4.69, 9.17) is 34.8 Å². The lowest BCUT2D eigenvalue weighted by Crippen LogP contribution is -2.26. The molecule has 100 valence electrons. The van der Waals surface area contributed by atoms with Crippen molar-refractivity contribution >= 4 is 52.4 Å². The van der Waals surface area contributed by atoms with Crippen LogP contribution >= 0.6 is 46.6 Å². The second-order valence-corrected chi connectivity index (χ2v) is 6.96. The largest absolute Gasteiger partial charge is 0.365 e. The van der Waals surface area contributed by atoms with Crippen LogP contribution in [-0.2, 0) is 0 Å². The maximum atomic E-state index is 6.13. The van der Waals surface area contributed by atoms with Gasteiger partial charge in [0.05, 0.1) is 10.0 Å². The zero-order valence-electron chi connectivity index (χ0n) is 10.0. The summed E-state index contributed by atoms with van der Waals surface area (Å²) in [6, 6.07) is 2.05. The van der Waals surface area contributed by atoms with E-state index in [-0.39, 0.29) is 0 Å². The fraction of sp³-hybridized carbons (Fsp3) is 0.583. The average molecular weight is 326 g/mol. The van der Waals surface area contributed by atoms with Crippen molar-refractivity contribution in [3.05, 3.63) is 21.3 Å². The number of nitrogens with one attached hydrogen (secondary N) is 1. The summed E-state index contributed by atoms with van der Waals surface area (Å²) < 4.78 is 0. The molecule has 6 heteroatoms. The third-order valence-corrected chi connectivity index (χ3v) is 5.33. The number of thioether (sulfide) groups is 1. The molecule has 1 saturated carbocycles. The number of hydrogen-bond acceptors (Lipinski definition) is 3. The molecule has 1 aliphatic carbocycles. The van der Waals surface area contributed by atoms with E-state index in [9.17, 15) is 0 Å². The van der Waals surface area contributed by atoms with Gasteiger partial charge in [-0.3, -0.25) is 0 Å². The maximum Gasteiger partial charge on any atom is 0.150 e. The van der Waals surface area contributed by atoms with Gasteiger partial charge >= 0.3 is 0 Å². The van der Waals surface area contributed by atoms with Gasteiger partial charge in [-0.2, -0.15) is 11.8 Å². The molecule has 1 N–H and O–H groups in total. The monoisotopic (exact) mass is 324 g/mol. The third kappa shape index (κ3) is 3.38. The molecule has 1 aromatic rings. The van der Waals surface area contributed by atoms with Gasteiger partial charge in [0, 0.05) is 11.3 Å². The van der Waals surface area contributed by atoms with Crippen molar-refractivity contribution in [2.24, 2.45) is 0 Å². The molecule has 18 heavy (non-hydrogen) atoms. The fourth-order valence-corrected chi connectivity index (χ4v) is 3.98. The molecule has 0 bridgehead atoms. The van der Waals surface area contributed by atoms with Crippen LogP contribution in [0.15, 0.2) is 6.07 Å². The third-order valence-electron chi connectivity index (χ3n) is 3.04. The van der Waals surface area contributed by atoms with Gasteiger partial charge in [0.15, 0.2) is 0 Å². The van der Waals surface area contributed by atoms with Crippen molar-refractivity contribution in [2.45, 2.75) is 37.5 Å². The second-order valence-electron chi connectivity index (χ2n) is 4.27. The van der Waals surface area contributed by atoms with E-state index in [1.807, 2.05) is 11.8 Å². The molecule has 0 spiro atoms. The lowest BCUT2D eigenvalue weighted by Gasteiger charge is -2.21. The van der Waals surface area contributed by atoms with E-state index < -0.39 is 0 Å².